The Morgan fingerprint density at radius 3 is 2.71 bits per heavy atom. The summed E-state index contributed by atoms with van der Waals surface area (Å²) in [7, 11) is 0. The highest BCUT2D eigenvalue weighted by Gasteiger charge is 2.25. The molecule has 0 unspecified atom stereocenters. The molecule has 0 amide bonds. The molecule has 0 aliphatic rings. The van der Waals surface area contributed by atoms with Gasteiger partial charge in [-0.15, -0.1) is 0 Å². The molecule has 0 spiro atoms. The van der Waals surface area contributed by atoms with E-state index in [9.17, 15) is 0 Å². The fourth-order valence-corrected chi connectivity index (χ4v) is 1.89. The van der Waals surface area contributed by atoms with Crippen LogP contribution in [0, 0.1) is 0 Å². The van der Waals surface area contributed by atoms with Gasteiger partial charge in [-0.2, -0.15) is 4.37 Å². The zero-order valence-electron chi connectivity index (χ0n) is 9.13. The summed E-state index contributed by atoms with van der Waals surface area (Å²) in [4.78, 5) is 4.36. The van der Waals surface area contributed by atoms with Gasteiger partial charge >= 0.3 is 0 Å². The van der Waals surface area contributed by atoms with Gasteiger partial charge in [-0.25, -0.2) is 4.98 Å². The monoisotopic (exact) mass is 215 g/mol. The van der Waals surface area contributed by atoms with Gasteiger partial charge in [0.15, 0.2) is 5.82 Å². The Balaban J connectivity index is 2.74. The lowest BCUT2D eigenvalue weighted by Gasteiger charge is -2.20. The molecular formula is C9H17N3OS. The van der Waals surface area contributed by atoms with Gasteiger partial charge in [-0.05, 0) is 27.7 Å². The molecule has 0 aliphatic heterocycles. The molecule has 0 aromatic carbocycles. The van der Waals surface area contributed by atoms with Crippen molar-refractivity contribution in [1.29, 1.82) is 0 Å². The molecule has 1 aromatic rings. The molecule has 5 heteroatoms. The predicted octanol–water partition coefficient (Wildman–Crippen LogP) is 2.24. The normalized spacial score (nSPS) is 11.7. The van der Waals surface area contributed by atoms with E-state index in [1.165, 1.54) is 11.5 Å². The summed E-state index contributed by atoms with van der Waals surface area (Å²) in [5.41, 5.74) is -0.390. The quantitative estimate of drug-likeness (QED) is 0.818. The van der Waals surface area contributed by atoms with Gasteiger partial charge in [0.25, 0.3) is 0 Å². The Morgan fingerprint density at radius 1 is 1.43 bits per heavy atom. The number of nitrogens with one attached hydrogen (secondary N) is 1. The van der Waals surface area contributed by atoms with Crippen LogP contribution < -0.4 is 5.32 Å². The summed E-state index contributed by atoms with van der Waals surface area (Å²) in [5.74, 6) is 0.750. The maximum Gasteiger partial charge on any atom is 0.202 e. The first-order chi connectivity index (χ1) is 6.60. The second-order valence-corrected chi connectivity index (χ2v) is 4.15. The zero-order chi connectivity index (χ0) is 10.6. The van der Waals surface area contributed by atoms with Crippen molar-refractivity contribution in [2.75, 3.05) is 18.5 Å². The number of aromatic nitrogens is 2. The minimum atomic E-state index is -0.390. The van der Waals surface area contributed by atoms with Crippen LogP contribution in [0.3, 0.4) is 0 Å². The number of anilines is 1. The van der Waals surface area contributed by atoms with Crippen molar-refractivity contribution in [1.82, 2.24) is 9.36 Å². The summed E-state index contributed by atoms with van der Waals surface area (Å²) in [6.45, 7) is 9.50. The van der Waals surface area contributed by atoms with Gasteiger partial charge in [0.2, 0.25) is 5.13 Å². The molecule has 0 fully saturated rings. The Hall–Kier alpha value is -0.680. The summed E-state index contributed by atoms with van der Waals surface area (Å²) >= 11 is 1.37. The van der Waals surface area contributed by atoms with Gasteiger partial charge in [-0.1, -0.05) is 0 Å². The number of ether oxygens (including phenoxy) is 1. The molecule has 14 heavy (non-hydrogen) atoms. The second kappa shape index (κ2) is 4.70. The zero-order valence-corrected chi connectivity index (χ0v) is 9.94. The van der Waals surface area contributed by atoms with Crippen molar-refractivity contribution in [2.24, 2.45) is 0 Å². The first kappa shape index (κ1) is 11.4. The van der Waals surface area contributed by atoms with Crippen LogP contribution in [0.25, 0.3) is 0 Å². The van der Waals surface area contributed by atoms with Gasteiger partial charge in [0.1, 0.15) is 5.60 Å². The van der Waals surface area contributed by atoms with Crippen molar-refractivity contribution < 1.29 is 4.74 Å². The Kier molecular flexibility index (Phi) is 3.83. The molecule has 80 valence electrons. The van der Waals surface area contributed by atoms with E-state index in [0.29, 0.717) is 6.61 Å². The first-order valence-electron chi connectivity index (χ1n) is 4.82. The molecule has 0 atom stereocenters. The highest BCUT2D eigenvalue weighted by atomic mass is 32.1. The lowest BCUT2D eigenvalue weighted by atomic mass is 10.1. The molecule has 0 bridgehead atoms. The lowest BCUT2D eigenvalue weighted by Crippen LogP contribution is -2.23. The third kappa shape index (κ3) is 2.65. The van der Waals surface area contributed by atoms with E-state index in [1.807, 2.05) is 27.7 Å². The average molecular weight is 215 g/mol. The standard InChI is InChI=1S/C9H17N3OS/c1-5-10-8-11-7(12-14-8)9(3,4)13-6-2/h5-6H2,1-4H3,(H,10,11,12). The van der Waals surface area contributed by atoms with Crippen molar-refractivity contribution in [3.05, 3.63) is 5.82 Å². The number of hydrogen-bond donors (Lipinski definition) is 1. The summed E-state index contributed by atoms with van der Waals surface area (Å²) in [6, 6.07) is 0. The average Bonchev–Trinajstić information content (AvgIpc) is 2.54. The third-order valence-electron chi connectivity index (χ3n) is 1.80. The van der Waals surface area contributed by atoms with Crippen LogP contribution in [-0.4, -0.2) is 22.5 Å². The fraction of sp³-hybridized carbons (Fsp3) is 0.778. The van der Waals surface area contributed by atoms with Crippen molar-refractivity contribution in [3.8, 4) is 0 Å². The molecule has 0 radical (unpaired) electrons. The van der Waals surface area contributed by atoms with Gasteiger partial charge in [0, 0.05) is 24.7 Å². The van der Waals surface area contributed by atoms with Gasteiger partial charge in [0.05, 0.1) is 0 Å². The number of hydrogen-bond acceptors (Lipinski definition) is 5. The molecule has 0 aliphatic carbocycles. The highest BCUT2D eigenvalue weighted by Crippen LogP contribution is 2.24. The summed E-state index contributed by atoms with van der Waals surface area (Å²) in [5, 5.41) is 3.99. The summed E-state index contributed by atoms with van der Waals surface area (Å²) < 4.78 is 9.83. The summed E-state index contributed by atoms with van der Waals surface area (Å²) in [6.07, 6.45) is 0. The lowest BCUT2D eigenvalue weighted by molar-refractivity contribution is -0.0198. The van der Waals surface area contributed by atoms with E-state index >= 15 is 0 Å². The molecule has 0 saturated heterocycles. The second-order valence-electron chi connectivity index (χ2n) is 3.40. The maximum atomic E-state index is 5.56. The topological polar surface area (TPSA) is 47.0 Å². The van der Waals surface area contributed by atoms with E-state index < -0.39 is 0 Å². The van der Waals surface area contributed by atoms with Crippen LogP contribution in [0.15, 0.2) is 0 Å². The van der Waals surface area contributed by atoms with E-state index in [1.54, 1.807) is 0 Å². The highest BCUT2D eigenvalue weighted by molar-refractivity contribution is 7.09. The SMILES string of the molecule is CCNc1nc(C(C)(C)OCC)ns1. The fourth-order valence-electron chi connectivity index (χ4n) is 1.12. The van der Waals surface area contributed by atoms with Crippen LogP contribution in [0.5, 0.6) is 0 Å². The smallest absolute Gasteiger partial charge is 0.202 e. The molecule has 1 rings (SSSR count). The molecular weight excluding hydrogens is 198 g/mol. The van der Waals surface area contributed by atoms with E-state index in [4.69, 9.17) is 4.74 Å². The molecule has 1 aromatic heterocycles. The Bertz CT molecular complexity index is 285. The van der Waals surface area contributed by atoms with Gasteiger partial charge < -0.3 is 10.1 Å². The minimum Gasteiger partial charge on any atom is -0.368 e. The minimum absolute atomic E-state index is 0.390. The van der Waals surface area contributed by atoms with Crippen LogP contribution in [-0.2, 0) is 10.3 Å². The molecule has 1 heterocycles. The van der Waals surface area contributed by atoms with E-state index in [0.717, 1.165) is 17.5 Å². The number of nitrogens with zero attached hydrogens (tertiary/aromatic N) is 2. The largest absolute Gasteiger partial charge is 0.368 e. The Morgan fingerprint density at radius 2 is 2.14 bits per heavy atom. The Labute approximate surface area is 88.9 Å². The third-order valence-corrected chi connectivity index (χ3v) is 2.47. The molecule has 0 saturated carbocycles. The van der Waals surface area contributed by atoms with Crippen LogP contribution in [0.2, 0.25) is 0 Å². The van der Waals surface area contributed by atoms with Crippen LogP contribution in [0.4, 0.5) is 5.13 Å². The molecule has 1 N–H and O–H groups in total. The predicted molar refractivity (Wildman–Crippen MR) is 58.7 cm³/mol. The van der Waals surface area contributed by atoms with Crippen molar-refractivity contribution in [3.63, 3.8) is 0 Å². The molecule has 4 nitrogen and oxygen atoms in total. The number of rotatable bonds is 5. The maximum absolute atomic E-state index is 5.56. The van der Waals surface area contributed by atoms with Crippen molar-refractivity contribution >= 4 is 16.7 Å². The van der Waals surface area contributed by atoms with E-state index in [2.05, 4.69) is 14.7 Å². The van der Waals surface area contributed by atoms with E-state index in [-0.39, 0.29) is 5.60 Å². The van der Waals surface area contributed by atoms with Gasteiger partial charge in [-0.3, -0.25) is 0 Å². The van der Waals surface area contributed by atoms with Crippen LogP contribution >= 0.6 is 11.5 Å². The van der Waals surface area contributed by atoms with Crippen molar-refractivity contribution in [2.45, 2.75) is 33.3 Å². The first-order valence-corrected chi connectivity index (χ1v) is 5.59. The van der Waals surface area contributed by atoms with Crippen LogP contribution in [0.1, 0.15) is 33.5 Å².